The van der Waals surface area contributed by atoms with Gasteiger partial charge in [0.15, 0.2) is 5.65 Å². The Morgan fingerprint density at radius 3 is 2.89 bits per heavy atom. The molecule has 0 atom stereocenters. The molecule has 0 aliphatic heterocycles. The molecule has 0 bridgehead atoms. The number of nitrogens with two attached hydrogens (primary N) is 1. The predicted molar refractivity (Wildman–Crippen MR) is 70.9 cm³/mol. The number of rotatable bonds is 1. The van der Waals surface area contributed by atoms with Crippen LogP contribution in [0.25, 0.3) is 22.3 Å². The summed E-state index contributed by atoms with van der Waals surface area (Å²) >= 11 is 0. The van der Waals surface area contributed by atoms with Gasteiger partial charge in [0, 0.05) is 30.4 Å². The molecular formula is C13H13N5. The van der Waals surface area contributed by atoms with E-state index in [-0.39, 0.29) is 0 Å². The predicted octanol–water partition coefficient (Wildman–Crippen LogP) is 1.92. The fourth-order valence-electron chi connectivity index (χ4n) is 2.00. The number of hydrogen-bond acceptors (Lipinski definition) is 4. The second kappa shape index (κ2) is 3.80. The Bertz CT molecular complexity index is 715. The molecule has 0 saturated heterocycles. The first-order valence-corrected chi connectivity index (χ1v) is 5.67. The minimum atomic E-state index is 0.681. The van der Waals surface area contributed by atoms with Crippen LogP contribution in [0.1, 0.15) is 5.69 Å². The summed E-state index contributed by atoms with van der Waals surface area (Å²) in [4.78, 5) is 8.59. The topological polar surface area (TPSA) is 69.6 Å². The van der Waals surface area contributed by atoms with Crippen molar-refractivity contribution in [2.24, 2.45) is 7.05 Å². The highest BCUT2D eigenvalue weighted by Crippen LogP contribution is 2.28. The number of pyridine rings is 2. The van der Waals surface area contributed by atoms with Gasteiger partial charge in [-0.1, -0.05) is 0 Å². The van der Waals surface area contributed by atoms with Crippen LogP contribution in [-0.2, 0) is 7.05 Å². The van der Waals surface area contributed by atoms with Gasteiger partial charge in [0.05, 0.1) is 11.4 Å². The minimum absolute atomic E-state index is 0.681. The van der Waals surface area contributed by atoms with Gasteiger partial charge >= 0.3 is 0 Å². The van der Waals surface area contributed by atoms with Crippen molar-refractivity contribution in [3.8, 4) is 11.3 Å². The summed E-state index contributed by atoms with van der Waals surface area (Å²) in [7, 11) is 1.88. The van der Waals surface area contributed by atoms with Crippen molar-refractivity contribution in [2.75, 3.05) is 5.73 Å². The van der Waals surface area contributed by atoms with Crippen LogP contribution in [-0.4, -0.2) is 19.7 Å². The molecule has 2 N–H and O–H groups in total. The third-order valence-electron chi connectivity index (χ3n) is 2.98. The second-order valence-electron chi connectivity index (χ2n) is 4.25. The Kier molecular flexibility index (Phi) is 2.26. The maximum Gasteiger partial charge on any atom is 0.158 e. The van der Waals surface area contributed by atoms with E-state index in [9.17, 15) is 0 Å². The second-order valence-corrected chi connectivity index (χ2v) is 4.25. The molecule has 0 aliphatic carbocycles. The number of aromatic nitrogens is 4. The van der Waals surface area contributed by atoms with Gasteiger partial charge in [0.2, 0.25) is 0 Å². The molecule has 5 heteroatoms. The van der Waals surface area contributed by atoms with Crippen LogP contribution >= 0.6 is 0 Å². The molecule has 3 heterocycles. The maximum atomic E-state index is 5.93. The summed E-state index contributed by atoms with van der Waals surface area (Å²) in [5.41, 5.74) is 10.1. The molecule has 0 aliphatic rings. The van der Waals surface area contributed by atoms with Crippen molar-refractivity contribution in [2.45, 2.75) is 6.92 Å². The molecule has 0 radical (unpaired) electrons. The minimum Gasteiger partial charge on any atom is -0.397 e. The van der Waals surface area contributed by atoms with Crippen molar-refractivity contribution in [1.82, 2.24) is 19.7 Å². The zero-order chi connectivity index (χ0) is 12.7. The average Bonchev–Trinajstić information content (AvgIpc) is 2.69. The molecule has 90 valence electrons. The highest BCUT2D eigenvalue weighted by molar-refractivity contribution is 5.93. The lowest BCUT2D eigenvalue weighted by Gasteiger charge is -2.00. The molecule has 0 fully saturated rings. The summed E-state index contributed by atoms with van der Waals surface area (Å²) in [6.45, 7) is 1.89. The van der Waals surface area contributed by atoms with Crippen LogP contribution in [0, 0.1) is 6.92 Å². The van der Waals surface area contributed by atoms with E-state index in [2.05, 4.69) is 15.1 Å². The Labute approximate surface area is 104 Å². The van der Waals surface area contributed by atoms with Crippen LogP contribution in [0.4, 0.5) is 5.69 Å². The third kappa shape index (κ3) is 1.52. The normalized spacial score (nSPS) is 11.0. The van der Waals surface area contributed by atoms with Crippen molar-refractivity contribution in [3.05, 3.63) is 36.3 Å². The van der Waals surface area contributed by atoms with Crippen LogP contribution in [0.5, 0.6) is 0 Å². The first-order valence-electron chi connectivity index (χ1n) is 5.67. The fourth-order valence-corrected chi connectivity index (χ4v) is 2.00. The highest BCUT2D eigenvalue weighted by atomic mass is 15.3. The quantitative estimate of drug-likeness (QED) is 0.704. The maximum absolute atomic E-state index is 5.93. The third-order valence-corrected chi connectivity index (χ3v) is 2.98. The van der Waals surface area contributed by atoms with E-state index >= 15 is 0 Å². The molecular weight excluding hydrogens is 226 g/mol. The van der Waals surface area contributed by atoms with E-state index in [1.54, 1.807) is 17.1 Å². The molecule has 3 aromatic heterocycles. The van der Waals surface area contributed by atoms with Gasteiger partial charge < -0.3 is 5.73 Å². The molecule has 5 nitrogen and oxygen atoms in total. The standard InChI is InChI=1S/C13H13N5/c1-8-11(14)6-10-12(9-4-3-5-15-7-9)17-18(2)13(10)16-8/h3-7H,14H2,1-2H3. The average molecular weight is 239 g/mol. The van der Waals surface area contributed by atoms with Crippen molar-refractivity contribution in [1.29, 1.82) is 0 Å². The number of hydrogen-bond donors (Lipinski definition) is 1. The molecule has 0 saturated carbocycles. The van der Waals surface area contributed by atoms with Gasteiger partial charge in [-0.05, 0) is 25.1 Å². The molecule has 0 unspecified atom stereocenters. The Morgan fingerprint density at radius 2 is 2.17 bits per heavy atom. The molecule has 3 aromatic rings. The zero-order valence-corrected chi connectivity index (χ0v) is 10.3. The van der Waals surface area contributed by atoms with E-state index in [1.807, 2.05) is 32.2 Å². The first-order chi connectivity index (χ1) is 8.66. The van der Waals surface area contributed by atoms with Gasteiger partial charge in [-0.2, -0.15) is 5.10 Å². The van der Waals surface area contributed by atoms with E-state index < -0.39 is 0 Å². The van der Waals surface area contributed by atoms with Gasteiger partial charge in [-0.25, -0.2) is 9.67 Å². The first kappa shape index (κ1) is 10.7. The summed E-state index contributed by atoms with van der Waals surface area (Å²) in [5, 5.41) is 5.45. The number of nitrogen functional groups attached to an aromatic ring is 1. The number of fused-ring (bicyclic) bond motifs is 1. The Morgan fingerprint density at radius 1 is 1.33 bits per heavy atom. The number of nitrogens with zero attached hydrogens (tertiary/aromatic N) is 4. The highest BCUT2D eigenvalue weighted by Gasteiger charge is 2.13. The fraction of sp³-hybridized carbons (Fsp3) is 0.154. The Hall–Kier alpha value is -2.43. The number of anilines is 1. The van der Waals surface area contributed by atoms with Crippen molar-refractivity contribution < 1.29 is 0 Å². The van der Waals surface area contributed by atoms with Gasteiger partial charge in [0.1, 0.15) is 5.69 Å². The summed E-state index contributed by atoms with van der Waals surface area (Å²) in [6, 6.07) is 5.79. The largest absolute Gasteiger partial charge is 0.397 e. The van der Waals surface area contributed by atoms with Crippen LogP contribution in [0.2, 0.25) is 0 Å². The smallest absolute Gasteiger partial charge is 0.158 e. The van der Waals surface area contributed by atoms with Gasteiger partial charge in [-0.15, -0.1) is 0 Å². The lowest BCUT2D eigenvalue weighted by atomic mass is 10.1. The molecule has 18 heavy (non-hydrogen) atoms. The number of aryl methyl sites for hydroxylation is 2. The molecule has 0 spiro atoms. The van der Waals surface area contributed by atoms with E-state index in [4.69, 9.17) is 5.73 Å². The van der Waals surface area contributed by atoms with Gasteiger partial charge in [-0.3, -0.25) is 4.98 Å². The summed E-state index contributed by atoms with van der Waals surface area (Å²) < 4.78 is 1.77. The molecule has 3 rings (SSSR count). The van der Waals surface area contributed by atoms with Crippen LogP contribution in [0.15, 0.2) is 30.6 Å². The lowest BCUT2D eigenvalue weighted by molar-refractivity contribution is 0.788. The molecule has 0 amide bonds. The van der Waals surface area contributed by atoms with E-state index in [1.165, 1.54) is 0 Å². The van der Waals surface area contributed by atoms with Crippen molar-refractivity contribution >= 4 is 16.7 Å². The van der Waals surface area contributed by atoms with E-state index in [0.717, 1.165) is 28.0 Å². The van der Waals surface area contributed by atoms with Crippen LogP contribution < -0.4 is 5.73 Å². The summed E-state index contributed by atoms with van der Waals surface area (Å²) in [6.07, 6.45) is 3.53. The zero-order valence-electron chi connectivity index (χ0n) is 10.3. The monoisotopic (exact) mass is 239 g/mol. The van der Waals surface area contributed by atoms with Crippen LogP contribution in [0.3, 0.4) is 0 Å². The van der Waals surface area contributed by atoms with E-state index in [0.29, 0.717) is 5.69 Å². The lowest BCUT2D eigenvalue weighted by Crippen LogP contribution is -1.96. The molecule has 0 aromatic carbocycles. The van der Waals surface area contributed by atoms with Gasteiger partial charge in [0.25, 0.3) is 0 Å². The SMILES string of the molecule is Cc1nc2c(cc1N)c(-c1cccnc1)nn2C. The Balaban J connectivity index is 2.35. The summed E-state index contributed by atoms with van der Waals surface area (Å²) in [5.74, 6) is 0. The van der Waals surface area contributed by atoms with Crippen molar-refractivity contribution in [3.63, 3.8) is 0 Å².